The summed E-state index contributed by atoms with van der Waals surface area (Å²) in [5, 5.41) is 3.51. The number of para-hydroxylation sites is 1. The van der Waals surface area contributed by atoms with Gasteiger partial charge in [0.05, 0.1) is 20.3 Å². The number of rotatable bonds is 5. The van der Waals surface area contributed by atoms with E-state index in [9.17, 15) is 0 Å². The van der Waals surface area contributed by atoms with E-state index in [1.807, 2.05) is 30.3 Å². The topological polar surface area (TPSA) is 30.5 Å². The van der Waals surface area contributed by atoms with E-state index >= 15 is 0 Å². The molecule has 0 fully saturated rings. The van der Waals surface area contributed by atoms with Gasteiger partial charge in [-0.25, -0.2) is 0 Å². The van der Waals surface area contributed by atoms with Gasteiger partial charge >= 0.3 is 0 Å². The lowest BCUT2D eigenvalue weighted by Crippen LogP contribution is -2.09. The summed E-state index contributed by atoms with van der Waals surface area (Å²) in [5.74, 6) is 1.63. The quantitative estimate of drug-likeness (QED) is 0.773. The standard InChI is InChI=1S/C16H18INO2/c1-11(18-15-7-5-4-6-14(15)17)13-9-8-12(19-2)10-16(13)20-3/h4-11,18H,1-3H3. The third kappa shape index (κ3) is 3.36. The second kappa shape index (κ2) is 6.83. The Bertz CT molecular complexity index is 586. The fourth-order valence-electron chi connectivity index (χ4n) is 2.07. The molecule has 0 bridgehead atoms. The number of benzene rings is 2. The molecule has 0 radical (unpaired) electrons. The van der Waals surface area contributed by atoms with E-state index < -0.39 is 0 Å². The molecule has 0 saturated carbocycles. The number of hydrogen-bond acceptors (Lipinski definition) is 3. The second-order valence-corrected chi connectivity index (χ2v) is 5.62. The highest BCUT2D eigenvalue weighted by molar-refractivity contribution is 14.1. The molecule has 0 aliphatic heterocycles. The Balaban J connectivity index is 2.25. The summed E-state index contributed by atoms with van der Waals surface area (Å²) in [6, 6.07) is 14.3. The maximum absolute atomic E-state index is 5.46. The fourth-order valence-corrected chi connectivity index (χ4v) is 2.61. The smallest absolute Gasteiger partial charge is 0.127 e. The predicted molar refractivity (Wildman–Crippen MR) is 90.7 cm³/mol. The minimum Gasteiger partial charge on any atom is -0.497 e. The molecule has 2 aromatic carbocycles. The maximum Gasteiger partial charge on any atom is 0.127 e. The highest BCUT2D eigenvalue weighted by Crippen LogP contribution is 2.32. The van der Waals surface area contributed by atoms with Crippen molar-refractivity contribution in [1.29, 1.82) is 0 Å². The Kier molecular flexibility index (Phi) is 5.11. The maximum atomic E-state index is 5.46. The zero-order chi connectivity index (χ0) is 14.5. The Labute approximate surface area is 133 Å². The van der Waals surface area contributed by atoms with E-state index in [2.05, 4.69) is 47.0 Å². The summed E-state index contributed by atoms with van der Waals surface area (Å²) in [4.78, 5) is 0. The van der Waals surface area contributed by atoms with Crippen molar-refractivity contribution in [3.8, 4) is 11.5 Å². The lowest BCUT2D eigenvalue weighted by atomic mass is 10.1. The normalized spacial score (nSPS) is 11.8. The van der Waals surface area contributed by atoms with Crippen molar-refractivity contribution in [2.75, 3.05) is 19.5 Å². The Hall–Kier alpha value is -1.43. The third-order valence-electron chi connectivity index (χ3n) is 3.15. The van der Waals surface area contributed by atoms with Crippen LogP contribution in [0, 0.1) is 3.57 Å². The van der Waals surface area contributed by atoms with Crippen molar-refractivity contribution < 1.29 is 9.47 Å². The van der Waals surface area contributed by atoms with E-state index in [4.69, 9.17) is 9.47 Å². The van der Waals surface area contributed by atoms with Crippen LogP contribution in [0.2, 0.25) is 0 Å². The molecule has 4 heteroatoms. The summed E-state index contributed by atoms with van der Waals surface area (Å²) in [6.07, 6.45) is 0. The molecule has 0 aliphatic carbocycles. The van der Waals surface area contributed by atoms with Crippen molar-refractivity contribution in [3.05, 3.63) is 51.6 Å². The van der Waals surface area contributed by atoms with Gasteiger partial charge in [-0.3, -0.25) is 0 Å². The zero-order valence-electron chi connectivity index (χ0n) is 11.8. The van der Waals surface area contributed by atoms with Crippen LogP contribution < -0.4 is 14.8 Å². The molecular weight excluding hydrogens is 365 g/mol. The predicted octanol–water partition coefficient (Wildman–Crippen LogP) is 4.48. The Morgan fingerprint density at radius 3 is 2.45 bits per heavy atom. The lowest BCUT2D eigenvalue weighted by Gasteiger charge is -2.19. The van der Waals surface area contributed by atoms with Gasteiger partial charge in [0.1, 0.15) is 11.5 Å². The molecule has 0 aromatic heterocycles. The number of ether oxygens (including phenoxy) is 2. The molecule has 3 nitrogen and oxygen atoms in total. The van der Waals surface area contributed by atoms with Gasteiger partial charge < -0.3 is 14.8 Å². The molecule has 0 aliphatic rings. The highest BCUT2D eigenvalue weighted by atomic mass is 127. The number of hydrogen-bond donors (Lipinski definition) is 1. The van der Waals surface area contributed by atoms with Gasteiger partial charge in [0, 0.05) is 20.9 Å². The molecule has 2 rings (SSSR count). The Morgan fingerprint density at radius 2 is 1.80 bits per heavy atom. The van der Waals surface area contributed by atoms with Gasteiger partial charge in [-0.1, -0.05) is 12.1 Å². The average molecular weight is 383 g/mol. The van der Waals surface area contributed by atoms with Gasteiger partial charge in [-0.15, -0.1) is 0 Å². The fraction of sp³-hybridized carbons (Fsp3) is 0.250. The van der Waals surface area contributed by atoms with E-state index in [-0.39, 0.29) is 6.04 Å². The average Bonchev–Trinajstić information content (AvgIpc) is 2.48. The molecule has 20 heavy (non-hydrogen) atoms. The zero-order valence-corrected chi connectivity index (χ0v) is 14.0. The van der Waals surface area contributed by atoms with Crippen LogP contribution in [-0.2, 0) is 0 Å². The molecule has 1 N–H and O–H groups in total. The van der Waals surface area contributed by atoms with Crippen LogP contribution in [0.15, 0.2) is 42.5 Å². The van der Waals surface area contributed by atoms with Gasteiger partial charge in [0.15, 0.2) is 0 Å². The van der Waals surface area contributed by atoms with Gasteiger partial charge in [0.2, 0.25) is 0 Å². The van der Waals surface area contributed by atoms with Crippen LogP contribution in [-0.4, -0.2) is 14.2 Å². The van der Waals surface area contributed by atoms with Crippen LogP contribution in [0.25, 0.3) is 0 Å². The first kappa shape index (κ1) is 15.0. The largest absolute Gasteiger partial charge is 0.497 e. The molecule has 0 spiro atoms. The molecule has 1 atom stereocenters. The number of halogens is 1. The first-order valence-electron chi connectivity index (χ1n) is 6.38. The van der Waals surface area contributed by atoms with E-state index in [1.165, 1.54) is 3.57 Å². The van der Waals surface area contributed by atoms with Crippen molar-refractivity contribution in [3.63, 3.8) is 0 Å². The highest BCUT2D eigenvalue weighted by Gasteiger charge is 2.13. The summed E-state index contributed by atoms with van der Waals surface area (Å²) >= 11 is 2.33. The monoisotopic (exact) mass is 383 g/mol. The minimum atomic E-state index is 0.145. The summed E-state index contributed by atoms with van der Waals surface area (Å²) < 4.78 is 11.9. The third-order valence-corrected chi connectivity index (χ3v) is 4.09. The van der Waals surface area contributed by atoms with E-state index in [0.717, 1.165) is 22.7 Å². The summed E-state index contributed by atoms with van der Waals surface area (Å²) in [6.45, 7) is 2.12. The first-order chi connectivity index (χ1) is 9.65. The molecule has 106 valence electrons. The molecule has 0 heterocycles. The molecule has 0 saturated heterocycles. The number of anilines is 1. The molecule has 1 unspecified atom stereocenters. The minimum absolute atomic E-state index is 0.145. The van der Waals surface area contributed by atoms with Gasteiger partial charge in [-0.2, -0.15) is 0 Å². The summed E-state index contributed by atoms with van der Waals surface area (Å²) in [7, 11) is 3.33. The SMILES string of the molecule is COc1ccc(C(C)Nc2ccccc2I)c(OC)c1. The molecule has 2 aromatic rings. The van der Waals surface area contributed by atoms with E-state index in [1.54, 1.807) is 14.2 Å². The second-order valence-electron chi connectivity index (χ2n) is 4.45. The number of nitrogens with one attached hydrogen (secondary N) is 1. The van der Waals surface area contributed by atoms with Crippen LogP contribution in [0.5, 0.6) is 11.5 Å². The number of methoxy groups -OCH3 is 2. The summed E-state index contributed by atoms with van der Waals surface area (Å²) in [5.41, 5.74) is 2.23. The lowest BCUT2D eigenvalue weighted by molar-refractivity contribution is 0.390. The molecule has 0 amide bonds. The van der Waals surface area contributed by atoms with Gasteiger partial charge in [0.25, 0.3) is 0 Å². The first-order valence-corrected chi connectivity index (χ1v) is 7.46. The van der Waals surface area contributed by atoms with Crippen LogP contribution in [0.4, 0.5) is 5.69 Å². The van der Waals surface area contributed by atoms with Crippen LogP contribution in [0.3, 0.4) is 0 Å². The van der Waals surface area contributed by atoms with Crippen molar-refractivity contribution >= 4 is 28.3 Å². The molecular formula is C16H18INO2. The van der Waals surface area contributed by atoms with Crippen molar-refractivity contribution in [2.24, 2.45) is 0 Å². The van der Waals surface area contributed by atoms with Crippen LogP contribution >= 0.6 is 22.6 Å². The van der Waals surface area contributed by atoms with Crippen LogP contribution in [0.1, 0.15) is 18.5 Å². The van der Waals surface area contributed by atoms with E-state index in [0.29, 0.717) is 0 Å². The van der Waals surface area contributed by atoms with Crippen molar-refractivity contribution in [1.82, 2.24) is 0 Å². The Morgan fingerprint density at radius 1 is 1.05 bits per heavy atom. The van der Waals surface area contributed by atoms with Crippen molar-refractivity contribution in [2.45, 2.75) is 13.0 Å². The van der Waals surface area contributed by atoms with Gasteiger partial charge in [-0.05, 0) is 53.8 Å².